The minimum atomic E-state index is -0.622. The number of hydrogen-bond acceptors (Lipinski definition) is 4. The molecule has 1 aromatic rings. The van der Waals surface area contributed by atoms with Gasteiger partial charge in [-0.1, -0.05) is 6.08 Å². The minimum absolute atomic E-state index is 0.313. The molecule has 5 heteroatoms. The summed E-state index contributed by atoms with van der Waals surface area (Å²) in [5.41, 5.74) is -0.175. The average Bonchev–Trinajstić information content (AvgIpc) is 2.14. The second kappa shape index (κ2) is 3.23. The van der Waals surface area contributed by atoms with Crippen LogP contribution < -0.4 is 4.74 Å². The smallest absolute Gasteiger partial charge is 0.311 e. The van der Waals surface area contributed by atoms with E-state index in [2.05, 4.69) is 0 Å². The summed E-state index contributed by atoms with van der Waals surface area (Å²) >= 11 is 0. The molecular formula is C11H11NO4. The summed E-state index contributed by atoms with van der Waals surface area (Å²) in [6.07, 6.45) is 3.57. The van der Waals surface area contributed by atoms with Crippen LogP contribution in [0.1, 0.15) is 19.4 Å². The molecule has 0 amide bonds. The molecule has 5 nitrogen and oxygen atoms in total. The zero-order valence-corrected chi connectivity index (χ0v) is 8.93. The van der Waals surface area contributed by atoms with E-state index in [4.69, 9.17) is 4.74 Å². The highest BCUT2D eigenvalue weighted by Crippen LogP contribution is 2.38. The van der Waals surface area contributed by atoms with Crippen molar-refractivity contribution < 1.29 is 14.8 Å². The number of nitrogens with zero attached hydrogens (tertiary/aromatic N) is 1. The number of benzene rings is 1. The summed E-state index contributed by atoms with van der Waals surface area (Å²) in [6.45, 7) is 3.73. The van der Waals surface area contributed by atoms with Gasteiger partial charge in [0.15, 0.2) is 5.75 Å². The minimum Gasteiger partial charge on any atom is -0.502 e. The Labute approximate surface area is 92.1 Å². The molecule has 0 radical (unpaired) electrons. The zero-order chi connectivity index (χ0) is 11.9. The topological polar surface area (TPSA) is 72.6 Å². The molecule has 1 N–H and O–H groups in total. The molecule has 2 rings (SSSR count). The Morgan fingerprint density at radius 2 is 2.12 bits per heavy atom. The van der Waals surface area contributed by atoms with Crippen LogP contribution in [0.15, 0.2) is 18.2 Å². The Bertz CT molecular complexity index is 491. The monoisotopic (exact) mass is 221 g/mol. The number of aromatic hydroxyl groups is 1. The van der Waals surface area contributed by atoms with Gasteiger partial charge in [0.1, 0.15) is 11.4 Å². The van der Waals surface area contributed by atoms with Crippen molar-refractivity contribution in [1.82, 2.24) is 0 Å². The van der Waals surface area contributed by atoms with E-state index in [1.165, 1.54) is 12.1 Å². The van der Waals surface area contributed by atoms with Crippen LogP contribution in [-0.2, 0) is 0 Å². The number of phenols is 1. The SMILES string of the molecule is CC1(C)C=Cc2cc([N+](=O)[O-])c(O)cc2O1. The van der Waals surface area contributed by atoms with Crippen LogP contribution >= 0.6 is 0 Å². The van der Waals surface area contributed by atoms with E-state index in [1.54, 1.807) is 6.08 Å². The van der Waals surface area contributed by atoms with Crippen molar-refractivity contribution in [2.75, 3.05) is 0 Å². The van der Waals surface area contributed by atoms with E-state index in [9.17, 15) is 15.2 Å². The maximum Gasteiger partial charge on any atom is 0.311 e. The second-order valence-electron chi connectivity index (χ2n) is 4.17. The fourth-order valence-corrected chi connectivity index (χ4v) is 1.55. The van der Waals surface area contributed by atoms with Crippen LogP contribution in [0, 0.1) is 10.1 Å². The Kier molecular flexibility index (Phi) is 2.11. The highest BCUT2D eigenvalue weighted by Gasteiger charge is 2.25. The molecular weight excluding hydrogens is 210 g/mol. The van der Waals surface area contributed by atoms with Crippen LogP contribution in [0.3, 0.4) is 0 Å². The van der Waals surface area contributed by atoms with E-state index < -0.39 is 10.5 Å². The van der Waals surface area contributed by atoms with Gasteiger partial charge < -0.3 is 9.84 Å². The predicted octanol–water partition coefficient (Wildman–Crippen LogP) is 2.48. The summed E-state index contributed by atoms with van der Waals surface area (Å²) in [5.74, 6) is 0.0745. The Morgan fingerprint density at radius 3 is 2.75 bits per heavy atom. The van der Waals surface area contributed by atoms with E-state index in [0.717, 1.165) is 0 Å². The number of nitro groups is 1. The van der Waals surface area contributed by atoms with E-state index in [-0.39, 0.29) is 11.4 Å². The fraction of sp³-hybridized carbons (Fsp3) is 0.273. The third-order valence-electron chi connectivity index (χ3n) is 2.34. The number of rotatable bonds is 1. The van der Waals surface area contributed by atoms with Crippen molar-refractivity contribution in [3.8, 4) is 11.5 Å². The summed E-state index contributed by atoms with van der Waals surface area (Å²) in [4.78, 5) is 9.99. The van der Waals surface area contributed by atoms with E-state index >= 15 is 0 Å². The fourth-order valence-electron chi connectivity index (χ4n) is 1.55. The Hall–Kier alpha value is -2.04. The third-order valence-corrected chi connectivity index (χ3v) is 2.34. The van der Waals surface area contributed by atoms with Crippen molar-refractivity contribution in [2.45, 2.75) is 19.4 Å². The summed E-state index contributed by atoms with van der Waals surface area (Å²) in [6, 6.07) is 2.58. The predicted molar refractivity (Wildman–Crippen MR) is 58.5 cm³/mol. The largest absolute Gasteiger partial charge is 0.502 e. The first-order valence-corrected chi connectivity index (χ1v) is 4.79. The molecule has 0 saturated heterocycles. The first kappa shape index (κ1) is 10.5. The summed E-state index contributed by atoms with van der Waals surface area (Å²) in [5, 5.41) is 20.1. The van der Waals surface area contributed by atoms with Crippen molar-refractivity contribution in [2.24, 2.45) is 0 Å². The molecule has 1 aliphatic rings. The van der Waals surface area contributed by atoms with Crippen molar-refractivity contribution >= 4 is 11.8 Å². The molecule has 0 saturated carbocycles. The maximum atomic E-state index is 10.6. The third kappa shape index (κ3) is 1.71. The van der Waals surface area contributed by atoms with Gasteiger partial charge >= 0.3 is 5.69 Å². The molecule has 16 heavy (non-hydrogen) atoms. The van der Waals surface area contributed by atoms with Gasteiger partial charge in [-0.3, -0.25) is 10.1 Å². The lowest BCUT2D eigenvalue weighted by molar-refractivity contribution is -0.385. The highest BCUT2D eigenvalue weighted by atomic mass is 16.6. The number of fused-ring (bicyclic) bond motifs is 1. The van der Waals surface area contributed by atoms with Gasteiger partial charge in [-0.2, -0.15) is 0 Å². The Balaban J connectivity index is 2.54. The second-order valence-corrected chi connectivity index (χ2v) is 4.17. The normalized spacial score (nSPS) is 16.4. The van der Waals surface area contributed by atoms with Gasteiger partial charge in [-0.25, -0.2) is 0 Å². The molecule has 0 fully saturated rings. The summed E-state index contributed by atoms with van der Waals surface area (Å²) < 4.78 is 5.57. The molecule has 0 aromatic heterocycles. The van der Waals surface area contributed by atoms with Crippen LogP contribution in [0.25, 0.3) is 6.08 Å². The van der Waals surface area contributed by atoms with Gasteiger partial charge in [0.2, 0.25) is 0 Å². The number of nitro benzene ring substituents is 1. The molecule has 0 aliphatic carbocycles. The first-order valence-electron chi connectivity index (χ1n) is 4.79. The highest BCUT2D eigenvalue weighted by molar-refractivity contribution is 5.67. The van der Waals surface area contributed by atoms with Gasteiger partial charge in [0, 0.05) is 17.7 Å². The van der Waals surface area contributed by atoms with Gasteiger partial charge in [0.05, 0.1) is 4.92 Å². The molecule has 0 unspecified atom stereocenters. The quantitative estimate of drug-likeness (QED) is 0.584. The van der Waals surface area contributed by atoms with Gasteiger partial charge in [0.25, 0.3) is 0 Å². The molecule has 0 spiro atoms. The molecule has 1 aliphatic heterocycles. The van der Waals surface area contributed by atoms with Crippen LogP contribution in [0.5, 0.6) is 11.5 Å². The average molecular weight is 221 g/mol. The molecule has 84 valence electrons. The molecule has 0 bridgehead atoms. The molecule has 1 heterocycles. The standard InChI is InChI=1S/C11H11NO4/c1-11(2)4-3-7-5-8(12(14)15)9(13)6-10(7)16-11/h3-6,13H,1-2H3. The molecule has 1 aromatic carbocycles. The van der Waals surface area contributed by atoms with E-state index in [0.29, 0.717) is 11.3 Å². The summed E-state index contributed by atoms with van der Waals surface area (Å²) in [7, 11) is 0. The van der Waals surface area contributed by atoms with Gasteiger partial charge in [-0.15, -0.1) is 0 Å². The van der Waals surface area contributed by atoms with Crippen molar-refractivity contribution in [3.05, 3.63) is 33.9 Å². The Morgan fingerprint density at radius 1 is 1.44 bits per heavy atom. The first-order chi connectivity index (χ1) is 7.39. The maximum absolute atomic E-state index is 10.6. The zero-order valence-electron chi connectivity index (χ0n) is 8.93. The molecule has 0 atom stereocenters. The number of hydrogen-bond donors (Lipinski definition) is 1. The van der Waals surface area contributed by atoms with Gasteiger partial charge in [-0.05, 0) is 19.9 Å². The van der Waals surface area contributed by atoms with E-state index in [1.807, 2.05) is 19.9 Å². The van der Waals surface area contributed by atoms with Crippen LogP contribution in [-0.4, -0.2) is 15.6 Å². The van der Waals surface area contributed by atoms with Crippen molar-refractivity contribution in [1.29, 1.82) is 0 Å². The lowest BCUT2D eigenvalue weighted by atomic mass is 10.0. The van der Waals surface area contributed by atoms with Crippen molar-refractivity contribution in [3.63, 3.8) is 0 Å². The lowest BCUT2D eigenvalue weighted by Gasteiger charge is -2.27. The number of phenolic OH excluding ortho intramolecular Hbond substituents is 1. The van der Waals surface area contributed by atoms with Crippen LogP contribution in [0.2, 0.25) is 0 Å². The lowest BCUT2D eigenvalue weighted by Crippen LogP contribution is -2.27. The number of ether oxygens (including phenoxy) is 1. The van der Waals surface area contributed by atoms with Crippen LogP contribution in [0.4, 0.5) is 5.69 Å².